The molecule has 0 radical (unpaired) electrons. The molecule has 150 valence electrons. The van der Waals surface area contributed by atoms with E-state index in [1.165, 1.54) is 31.4 Å². The topological polar surface area (TPSA) is 63.5 Å². The van der Waals surface area contributed by atoms with Gasteiger partial charge < -0.3 is 15.4 Å². The number of guanidine groups is 1. The maximum Gasteiger partial charge on any atom is 0.387 e. The van der Waals surface area contributed by atoms with Crippen LogP contribution in [0.25, 0.3) is 0 Å². The van der Waals surface area contributed by atoms with E-state index in [4.69, 9.17) is 11.6 Å². The minimum absolute atomic E-state index is 0. The molecule has 0 fully saturated rings. The van der Waals surface area contributed by atoms with Crippen molar-refractivity contribution < 1.29 is 22.3 Å². The second-order valence-corrected chi connectivity index (χ2v) is 5.37. The lowest BCUT2D eigenvalue weighted by Gasteiger charge is -2.15. The second kappa shape index (κ2) is 11.2. The van der Waals surface area contributed by atoms with E-state index in [1.807, 2.05) is 0 Å². The number of nitrogens with zero attached hydrogens (tertiary/aromatic N) is 3. The highest BCUT2D eigenvalue weighted by Crippen LogP contribution is 2.24. The Kier molecular flexibility index (Phi) is 9.63. The lowest BCUT2D eigenvalue weighted by molar-refractivity contribution is -0.0504. The fourth-order valence-corrected chi connectivity index (χ4v) is 2.31. The molecule has 2 N–H and O–H groups in total. The second-order valence-electron chi connectivity index (χ2n) is 4.94. The van der Waals surface area contributed by atoms with Crippen molar-refractivity contribution in [1.82, 2.24) is 20.2 Å². The molecule has 1 heterocycles. The zero-order chi connectivity index (χ0) is 19.1. The summed E-state index contributed by atoms with van der Waals surface area (Å²) < 4.78 is 55.7. The number of alkyl halides is 4. The van der Waals surface area contributed by atoms with Gasteiger partial charge in [0.25, 0.3) is 0 Å². The third-order valence-corrected chi connectivity index (χ3v) is 3.52. The summed E-state index contributed by atoms with van der Waals surface area (Å²) in [6, 6.07) is 4.24. The fraction of sp³-hybridized carbons (Fsp3) is 0.333. The van der Waals surface area contributed by atoms with Gasteiger partial charge in [-0.2, -0.15) is 17.6 Å². The number of aromatic nitrogens is 2. The summed E-state index contributed by atoms with van der Waals surface area (Å²) in [5.41, 5.74) is 0.384. The third kappa shape index (κ3) is 7.05. The number of aliphatic imine (C=N–C) groups is 1. The highest BCUT2D eigenvalue weighted by molar-refractivity contribution is 14.0. The van der Waals surface area contributed by atoms with Gasteiger partial charge in [-0.3, -0.25) is 9.56 Å². The minimum atomic E-state index is -2.97. The molecule has 0 amide bonds. The van der Waals surface area contributed by atoms with Crippen molar-refractivity contribution in [3.05, 3.63) is 47.0 Å². The van der Waals surface area contributed by atoms with E-state index in [0.717, 1.165) is 6.20 Å². The Morgan fingerprint density at radius 3 is 2.59 bits per heavy atom. The molecular formula is C15H17ClF4IN5O. The van der Waals surface area contributed by atoms with Crippen LogP contribution in [0.5, 0.6) is 5.75 Å². The minimum Gasteiger partial charge on any atom is -0.434 e. The summed E-state index contributed by atoms with van der Waals surface area (Å²) in [6.45, 7) is -5.61. The SMILES string of the molecule is CN=C(NCc1cc(Cl)ccc1OC(F)F)NCc1nccn1C(F)F.I. The predicted molar refractivity (Wildman–Crippen MR) is 104 cm³/mol. The molecule has 0 unspecified atom stereocenters. The molecule has 1 aromatic carbocycles. The maximum atomic E-state index is 12.8. The molecule has 2 rings (SSSR count). The van der Waals surface area contributed by atoms with Crippen LogP contribution in [0.4, 0.5) is 17.6 Å². The number of benzene rings is 1. The Hall–Kier alpha value is -1.76. The maximum absolute atomic E-state index is 12.8. The molecule has 27 heavy (non-hydrogen) atoms. The van der Waals surface area contributed by atoms with Crippen molar-refractivity contribution in [3.8, 4) is 5.75 Å². The van der Waals surface area contributed by atoms with Crippen molar-refractivity contribution in [2.24, 2.45) is 4.99 Å². The average Bonchev–Trinajstić information content (AvgIpc) is 3.05. The van der Waals surface area contributed by atoms with Crippen LogP contribution < -0.4 is 15.4 Å². The lowest BCUT2D eigenvalue weighted by atomic mass is 10.2. The number of hydrogen-bond donors (Lipinski definition) is 2. The van der Waals surface area contributed by atoms with E-state index in [2.05, 4.69) is 25.3 Å². The highest BCUT2D eigenvalue weighted by atomic mass is 127. The van der Waals surface area contributed by atoms with Gasteiger partial charge in [0.2, 0.25) is 0 Å². The van der Waals surface area contributed by atoms with Gasteiger partial charge in [0.05, 0.1) is 6.54 Å². The van der Waals surface area contributed by atoms with E-state index in [9.17, 15) is 17.6 Å². The van der Waals surface area contributed by atoms with E-state index < -0.39 is 13.2 Å². The lowest BCUT2D eigenvalue weighted by Crippen LogP contribution is -2.37. The largest absolute Gasteiger partial charge is 0.434 e. The van der Waals surface area contributed by atoms with Gasteiger partial charge >= 0.3 is 13.2 Å². The molecule has 0 bridgehead atoms. The van der Waals surface area contributed by atoms with Crippen LogP contribution >= 0.6 is 35.6 Å². The molecule has 6 nitrogen and oxygen atoms in total. The Balaban J connectivity index is 0.00000364. The van der Waals surface area contributed by atoms with E-state index in [1.54, 1.807) is 0 Å². The highest BCUT2D eigenvalue weighted by Gasteiger charge is 2.13. The van der Waals surface area contributed by atoms with Crippen LogP contribution in [0.3, 0.4) is 0 Å². The molecule has 0 spiro atoms. The van der Waals surface area contributed by atoms with Crippen molar-refractivity contribution in [2.75, 3.05) is 7.05 Å². The Morgan fingerprint density at radius 1 is 1.26 bits per heavy atom. The summed E-state index contributed by atoms with van der Waals surface area (Å²) in [4.78, 5) is 7.78. The third-order valence-electron chi connectivity index (χ3n) is 3.28. The van der Waals surface area contributed by atoms with Gasteiger partial charge in [0.15, 0.2) is 5.96 Å². The van der Waals surface area contributed by atoms with E-state index >= 15 is 0 Å². The zero-order valence-corrected chi connectivity index (χ0v) is 17.1. The van der Waals surface area contributed by atoms with Crippen LogP contribution in [0.2, 0.25) is 5.02 Å². The average molecular weight is 522 g/mol. The summed E-state index contributed by atoms with van der Waals surface area (Å²) >= 11 is 5.88. The first-order chi connectivity index (χ1) is 12.4. The zero-order valence-electron chi connectivity index (χ0n) is 14.0. The van der Waals surface area contributed by atoms with Crippen LogP contribution in [-0.4, -0.2) is 29.2 Å². The van der Waals surface area contributed by atoms with Crippen LogP contribution in [0.1, 0.15) is 17.9 Å². The van der Waals surface area contributed by atoms with Crippen molar-refractivity contribution in [1.29, 1.82) is 0 Å². The summed E-state index contributed by atoms with van der Waals surface area (Å²) in [5.74, 6) is 0.352. The molecule has 0 atom stereocenters. The summed E-state index contributed by atoms with van der Waals surface area (Å²) in [5, 5.41) is 6.03. The molecule has 0 saturated carbocycles. The molecule has 0 saturated heterocycles. The molecule has 2 aromatic rings. The van der Waals surface area contributed by atoms with Gasteiger partial charge in [0.1, 0.15) is 11.6 Å². The van der Waals surface area contributed by atoms with Gasteiger partial charge in [-0.1, -0.05) is 11.6 Å². The first-order valence-electron chi connectivity index (χ1n) is 7.38. The van der Waals surface area contributed by atoms with E-state index in [-0.39, 0.29) is 54.6 Å². The monoisotopic (exact) mass is 521 g/mol. The fourth-order valence-electron chi connectivity index (χ4n) is 2.12. The van der Waals surface area contributed by atoms with Gasteiger partial charge in [-0.15, -0.1) is 24.0 Å². The van der Waals surface area contributed by atoms with Crippen molar-refractivity contribution in [3.63, 3.8) is 0 Å². The quantitative estimate of drug-likeness (QED) is 0.250. The van der Waals surface area contributed by atoms with Crippen LogP contribution in [0.15, 0.2) is 35.6 Å². The van der Waals surface area contributed by atoms with Gasteiger partial charge in [-0.05, 0) is 18.2 Å². The molecule has 0 aliphatic heterocycles. The number of rotatable bonds is 7. The Morgan fingerprint density at radius 2 is 1.96 bits per heavy atom. The molecular weight excluding hydrogens is 505 g/mol. The smallest absolute Gasteiger partial charge is 0.387 e. The molecule has 12 heteroatoms. The van der Waals surface area contributed by atoms with Gasteiger partial charge in [-0.25, -0.2) is 4.98 Å². The number of imidazole rings is 1. The number of nitrogens with one attached hydrogen (secondary N) is 2. The van der Waals surface area contributed by atoms with Crippen LogP contribution in [0, 0.1) is 0 Å². The molecule has 0 aliphatic carbocycles. The first-order valence-corrected chi connectivity index (χ1v) is 7.76. The number of ether oxygens (including phenoxy) is 1. The van der Waals surface area contributed by atoms with Crippen molar-refractivity contribution in [2.45, 2.75) is 26.3 Å². The summed E-state index contributed by atoms with van der Waals surface area (Å²) in [6.07, 6.45) is 2.43. The number of halogens is 6. The van der Waals surface area contributed by atoms with Crippen molar-refractivity contribution >= 4 is 41.5 Å². The number of hydrogen-bond acceptors (Lipinski definition) is 3. The van der Waals surface area contributed by atoms with Crippen LogP contribution in [-0.2, 0) is 13.1 Å². The Bertz CT molecular complexity index is 760. The molecule has 1 aromatic heterocycles. The summed E-state index contributed by atoms with van der Waals surface area (Å²) in [7, 11) is 1.48. The standard InChI is InChI=1S/C15H16ClF4N5O.HI/c1-21-15(24-8-12-22-4-5-25(12)13(17)18)23-7-9-6-10(16)2-3-11(9)26-14(19)20;/h2-6,13-14H,7-8H2,1H3,(H2,21,23,24);1H. The predicted octanol–water partition coefficient (Wildman–Crippen LogP) is 4.02. The first kappa shape index (κ1) is 23.3. The van der Waals surface area contributed by atoms with Gasteiger partial charge in [0, 0.05) is 36.6 Å². The van der Waals surface area contributed by atoms with E-state index in [0.29, 0.717) is 15.2 Å². The Labute approximate surface area is 175 Å². The molecule has 0 aliphatic rings. The normalized spacial score (nSPS) is 11.5.